The van der Waals surface area contributed by atoms with Crippen molar-refractivity contribution in [2.24, 2.45) is 5.92 Å². The highest BCUT2D eigenvalue weighted by Gasteiger charge is 2.06. The number of rotatable bonds is 7. The molecular formula is C11H21N3O2S. The van der Waals surface area contributed by atoms with Crippen molar-refractivity contribution >= 4 is 9.84 Å². The molecule has 1 heterocycles. The van der Waals surface area contributed by atoms with Gasteiger partial charge in [0, 0.05) is 19.0 Å². The second-order valence-electron chi connectivity index (χ2n) is 4.70. The Balaban J connectivity index is 2.48. The maximum Gasteiger partial charge on any atom is 0.149 e. The molecule has 0 saturated carbocycles. The van der Waals surface area contributed by atoms with Crippen molar-refractivity contribution in [3.8, 4) is 0 Å². The molecule has 0 atom stereocenters. The second-order valence-corrected chi connectivity index (χ2v) is 6.96. The second kappa shape index (κ2) is 6.16. The zero-order chi connectivity index (χ0) is 12.9. The maximum absolute atomic E-state index is 11.1. The number of aromatic nitrogens is 2. The topological polar surface area (TPSA) is 64.0 Å². The van der Waals surface area contributed by atoms with Gasteiger partial charge in [-0.05, 0) is 18.5 Å². The molecule has 5 nitrogen and oxygen atoms in total. The molecule has 1 aromatic heterocycles. The molecule has 0 aliphatic carbocycles. The van der Waals surface area contributed by atoms with E-state index in [9.17, 15) is 8.42 Å². The summed E-state index contributed by atoms with van der Waals surface area (Å²) in [7, 11) is -2.93. The zero-order valence-electron chi connectivity index (χ0n) is 10.7. The number of nitrogens with zero attached hydrogens (tertiary/aromatic N) is 2. The van der Waals surface area contributed by atoms with E-state index in [2.05, 4.69) is 24.3 Å². The van der Waals surface area contributed by atoms with Gasteiger partial charge in [0.2, 0.25) is 0 Å². The van der Waals surface area contributed by atoms with Crippen LogP contribution in [0.15, 0.2) is 12.3 Å². The Labute approximate surface area is 103 Å². The first kappa shape index (κ1) is 14.2. The molecule has 1 N–H and O–H groups in total. The van der Waals surface area contributed by atoms with Gasteiger partial charge in [0.1, 0.15) is 9.84 Å². The SMILES string of the molecule is CC(C)CNCc1ccnn1CCS(C)(=O)=O. The summed E-state index contributed by atoms with van der Waals surface area (Å²) in [6.07, 6.45) is 2.95. The average Bonchev–Trinajstić information content (AvgIpc) is 2.61. The Morgan fingerprint density at radius 1 is 1.47 bits per heavy atom. The summed E-state index contributed by atoms with van der Waals surface area (Å²) in [5, 5.41) is 7.44. The van der Waals surface area contributed by atoms with Gasteiger partial charge in [-0.3, -0.25) is 4.68 Å². The normalized spacial score (nSPS) is 12.2. The van der Waals surface area contributed by atoms with E-state index in [1.54, 1.807) is 10.9 Å². The summed E-state index contributed by atoms with van der Waals surface area (Å²) in [5.41, 5.74) is 1.02. The summed E-state index contributed by atoms with van der Waals surface area (Å²) < 4.78 is 23.9. The molecule has 1 aromatic rings. The fourth-order valence-corrected chi connectivity index (χ4v) is 1.96. The molecule has 1 rings (SSSR count). The van der Waals surface area contributed by atoms with Crippen LogP contribution in [0.5, 0.6) is 0 Å². The number of aryl methyl sites for hydroxylation is 1. The Morgan fingerprint density at radius 2 is 2.18 bits per heavy atom. The van der Waals surface area contributed by atoms with E-state index in [0.29, 0.717) is 12.5 Å². The molecule has 0 radical (unpaired) electrons. The largest absolute Gasteiger partial charge is 0.311 e. The van der Waals surface area contributed by atoms with Crippen LogP contribution < -0.4 is 5.32 Å². The van der Waals surface area contributed by atoms with Crippen molar-refractivity contribution in [1.82, 2.24) is 15.1 Å². The van der Waals surface area contributed by atoms with E-state index >= 15 is 0 Å². The fourth-order valence-electron chi connectivity index (χ4n) is 1.45. The van der Waals surface area contributed by atoms with Crippen LogP contribution in [-0.4, -0.2) is 36.8 Å². The van der Waals surface area contributed by atoms with Gasteiger partial charge in [-0.25, -0.2) is 8.42 Å². The molecule has 0 unspecified atom stereocenters. The van der Waals surface area contributed by atoms with Crippen LogP contribution in [0.3, 0.4) is 0 Å². The Morgan fingerprint density at radius 3 is 2.76 bits per heavy atom. The summed E-state index contributed by atoms with van der Waals surface area (Å²) >= 11 is 0. The minimum Gasteiger partial charge on any atom is -0.311 e. The van der Waals surface area contributed by atoms with Crippen molar-refractivity contribution in [2.45, 2.75) is 26.9 Å². The lowest BCUT2D eigenvalue weighted by Gasteiger charge is -2.09. The lowest BCUT2D eigenvalue weighted by molar-refractivity contribution is 0.523. The van der Waals surface area contributed by atoms with E-state index in [-0.39, 0.29) is 5.75 Å². The summed E-state index contributed by atoms with van der Waals surface area (Å²) in [4.78, 5) is 0. The molecule has 0 aromatic carbocycles. The Bertz CT molecular complexity index is 437. The van der Waals surface area contributed by atoms with Gasteiger partial charge in [-0.1, -0.05) is 13.8 Å². The van der Waals surface area contributed by atoms with Crippen molar-refractivity contribution < 1.29 is 8.42 Å². The van der Waals surface area contributed by atoms with Crippen LogP contribution in [-0.2, 0) is 22.9 Å². The third-order valence-electron chi connectivity index (χ3n) is 2.34. The first-order valence-corrected chi connectivity index (χ1v) is 7.83. The highest BCUT2D eigenvalue weighted by Crippen LogP contribution is 2.00. The third kappa shape index (κ3) is 5.83. The maximum atomic E-state index is 11.1. The summed E-state index contributed by atoms with van der Waals surface area (Å²) in [5.74, 6) is 0.730. The molecule has 0 bridgehead atoms. The lowest BCUT2D eigenvalue weighted by atomic mass is 10.2. The van der Waals surface area contributed by atoms with Crippen LogP contribution in [0.4, 0.5) is 0 Å². The van der Waals surface area contributed by atoms with Gasteiger partial charge in [0.05, 0.1) is 18.0 Å². The van der Waals surface area contributed by atoms with Crippen molar-refractivity contribution in [2.75, 3.05) is 18.6 Å². The zero-order valence-corrected chi connectivity index (χ0v) is 11.5. The number of hydrogen-bond donors (Lipinski definition) is 1. The van der Waals surface area contributed by atoms with E-state index in [0.717, 1.165) is 18.8 Å². The number of sulfone groups is 1. The molecule has 0 aliphatic rings. The molecule has 0 saturated heterocycles. The van der Waals surface area contributed by atoms with Crippen molar-refractivity contribution in [3.05, 3.63) is 18.0 Å². The standard InChI is InChI=1S/C11H21N3O2S/c1-10(2)8-12-9-11-4-5-13-14(11)6-7-17(3,15)16/h4-5,10,12H,6-9H2,1-3H3. The van der Waals surface area contributed by atoms with Gasteiger partial charge in [-0.15, -0.1) is 0 Å². The average molecular weight is 259 g/mol. The predicted molar refractivity (Wildman–Crippen MR) is 68.5 cm³/mol. The van der Waals surface area contributed by atoms with Crippen molar-refractivity contribution in [1.29, 1.82) is 0 Å². The molecule has 0 amide bonds. The van der Waals surface area contributed by atoms with Crippen LogP contribution in [0.25, 0.3) is 0 Å². The molecule has 17 heavy (non-hydrogen) atoms. The molecule has 0 fully saturated rings. The Kier molecular flexibility index (Phi) is 5.14. The van der Waals surface area contributed by atoms with Crippen LogP contribution >= 0.6 is 0 Å². The Hall–Kier alpha value is -0.880. The van der Waals surface area contributed by atoms with E-state index in [1.807, 2.05) is 6.07 Å². The van der Waals surface area contributed by atoms with Crippen LogP contribution in [0.2, 0.25) is 0 Å². The monoisotopic (exact) mass is 259 g/mol. The molecule has 0 aliphatic heterocycles. The smallest absolute Gasteiger partial charge is 0.149 e. The van der Waals surface area contributed by atoms with Gasteiger partial charge in [0.15, 0.2) is 0 Å². The van der Waals surface area contributed by atoms with Crippen LogP contribution in [0.1, 0.15) is 19.5 Å². The molecular weight excluding hydrogens is 238 g/mol. The van der Waals surface area contributed by atoms with Gasteiger partial charge in [0.25, 0.3) is 0 Å². The predicted octanol–water partition coefficient (Wildman–Crippen LogP) is 0.673. The lowest BCUT2D eigenvalue weighted by Crippen LogP contribution is -2.22. The molecule has 98 valence electrons. The fraction of sp³-hybridized carbons (Fsp3) is 0.727. The first-order valence-electron chi connectivity index (χ1n) is 5.77. The summed E-state index contributed by atoms with van der Waals surface area (Å²) in [6.45, 7) is 6.38. The highest BCUT2D eigenvalue weighted by molar-refractivity contribution is 7.90. The van der Waals surface area contributed by atoms with E-state index in [4.69, 9.17) is 0 Å². The van der Waals surface area contributed by atoms with Crippen LogP contribution in [0, 0.1) is 5.92 Å². The van der Waals surface area contributed by atoms with E-state index < -0.39 is 9.84 Å². The van der Waals surface area contributed by atoms with E-state index in [1.165, 1.54) is 6.26 Å². The van der Waals surface area contributed by atoms with Crippen molar-refractivity contribution in [3.63, 3.8) is 0 Å². The molecule has 6 heteroatoms. The number of hydrogen-bond acceptors (Lipinski definition) is 4. The highest BCUT2D eigenvalue weighted by atomic mass is 32.2. The van der Waals surface area contributed by atoms with Gasteiger partial charge in [-0.2, -0.15) is 5.10 Å². The third-order valence-corrected chi connectivity index (χ3v) is 3.26. The van der Waals surface area contributed by atoms with Gasteiger partial charge >= 0.3 is 0 Å². The minimum absolute atomic E-state index is 0.131. The minimum atomic E-state index is -2.93. The summed E-state index contributed by atoms with van der Waals surface area (Å²) in [6, 6.07) is 1.91. The quantitative estimate of drug-likeness (QED) is 0.782. The number of nitrogens with one attached hydrogen (secondary N) is 1. The molecule has 0 spiro atoms. The first-order chi connectivity index (χ1) is 7.88. The van der Waals surface area contributed by atoms with Gasteiger partial charge < -0.3 is 5.32 Å².